The average molecular weight is 332 g/mol. The number of anilines is 1. The minimum atomic E-state index is 0.0656. The fourth-order valence-corrected chi connectivity index (χ4v) is 2.41. The van der Waals surface area contributed by atoms with E-state index in [2.05, 4.69) is 5.32 Å². The van der Waals surface area contributed by atoms with Crippen molar-refractivity contribution in [3.8, 4) is 5.75 Å². The molecule has 0 saturated heterocycles. The minimum absolute atomic E-state index is 0.0656. The van der Waals surface area contributed by atoms with Gasteiger partial charge in [0.1, 0.15) is 12.4 Å². The summed E-state index contributed by atoms with van der Waals surface area (Å²) >= 11 is 5.86. The number of benzene rings is 2. The summed E-state index contributed by atoms with van der Waals surface area (Å²) in [7, 11) is 0. The highest BCUT2D eigenvalue weighted by Crippen LogP contribution is 2.19. The van der Waals surface area contributed by atoms with E-state index in [4.69, 9.17) is 16.3 Å². The number of carbonyl (C=O) groups excluding carboxylic acids is 1. The van der Waals surface area contributed by atoms with Crippen LogP contribution in [0.1, 0.15) is 32.3 Å². The zero-order valence-electron chi connectivity index (χ0n) is 13.5. The third kappa shape index (κ3) is 5.29. The second-order valence-corrected chi connectivity index (χ2v) is 5.88. The van der Waals surface area contributed by atoms with Crippen molar-refractivity contribution in [2.45, 2.75) is 33.3 Å². The van der Waals surface area contributed by atoms with Gasteiger partial charge >= 0.3 is 0 Å². The third-order valence-corrected chi connectivity index (χ3v) is 4.05. The van der Waals surface area contributed by atoms with E-state index in [0.29, 0.717) is 11.6 Å². The summed E-state index contributed by atoms with van der Waals surface area (Å²) in [6.07, 6.45) is 1.70. The van der Waals surface area contributed by atoms with E-state index in [9.17, 15) is 4.79 Å². The molecule has 0 fully saturated rings. The lowest BCUT2D eigenvalue weighted by Crippen LogP contribution is -2.21. The van der Waals surface area contributed by atoms with Crippen molar-refractivity contribution in [2.75, 3.05) is 5.32 Å². The maximum atomic E-state index is 12.0. The van der Waals surface area contributed by atoms with E-state index in [1.165, 1.54) is 0 Å². The molecule has 1 amide bonds. The summed E-state index contributed by atoms with van der Waals surface area (Å²) in [5.74, 6) is 0.904. The molecule has 2 rings (SSSR count). The SMILES string of the molecule is CCC(CC)C(=O)Nc1ccc(OCc2ccc(Cl)cc2)cc1. The van der Waals surface area contributed by atoms with E-state index in [1.807, 2.05) is 62.4 Å². The first-order valence-corrected chi connectivity index (χ1v) is 8.28. The Morgan fingerprint density at radius 1 is 1.04 bits per heavy atom. The monoisotopic (exact) mass is 331 g/mol. The topological polar surface area (TPSA) is 38.3 Å². The van der Waals surface area contributed by atoms with Crippen LogP contribution in [0, 0.1) is 5.92 Å². The van der Waals surface area contributed by atoms with Gasteiger partial charge in [-0.25, -0.2) is 0 Å². The quantitative estimate of drug-likeness (QED) is 0.748. The first kappa shape index (κ1) is 17.4. The van der Waals surface area contributed by atoms with Crippen LogP contribution in [0.5, 0.6) is 5.75 Å². The van der Waals surface area contributed by atoms with Crippen molar-refractivity contribution >= 4 is 23.2 Å². The second kappa shape index (κ2) is 8.59. The van der Waals surface area contributed by atoms with Gasteiger partial charge in [0, 0.05) is 16.6 Å². The predicted molar refractivity (Wildman–Crippen MR) is 94.9 cm³/mol. The van der Waals surface area contributed by atoms with Gasteiger partial charge in [-0.1, -0.05) is 37.6 Å². The van der Waals surface area contributed by atoms with Crippen LogP contribution in [-0.4, -0.2) is 5.91 Å². The van der Waals surface area contributed by atoms with Gasteiger partial charge < -0.3 is 10.1 Å². The van der Waals surface area contributed by atoms with Crippen molar-refractivity contribution < 1.29 is 9.53 Å². The summed E-state index contributed by atoms with van der Waals surface area (Å²) < 4.78 is 5.73. The van der Waals surface area contributed by atoms with Crippen LogP contribution in [0.25, 0.3) is 0 Å². The molecule has 0 heterocycles. The largest absolute Gasteiger partial charge is 0.489 e. The van der Waals surface area contributed by atoms with Crippen molar-refractivity contribution in [1.29, 1.82) is 0 Å². The van der Waals surface area contributed by atoms with Gasteiger partial charge in [0.15, 0.2) is 0 Å². The summed E-state index contributed by atoms with van der Waals surface area (Å²) in [6.45, 7) is 4.54. The zero-order chi connectivity index (χ0) is 16.7. The van der Waals surface area contributed by atoms with E-state index >= 15 is 0 Å². The predicted octanol–water partition coefficient (Wildman–Crippen LogP) is 5.29. The van der Waals surface area contributed by atoms with E-state index in [-0.39, 0.29) is 11.8 Å². The number of amides is 1. The molecule has 4 heteroatoms. The number of rotatable bonds is 7. The fraction of sp³-hybridized carbons (Fsp3) is 0.316. The second-order valence-electron chi connectivity index (χ2n) is 5.44. The van der Waals surface area contributed by atoms with E-state index in [1.54, 1.807) is 0 Å². The molecule has 0 aromatic heterocycles. The molecule has 23 heavy (non-hydrogen) atoms. The van der Waals surface area contributed by atoms with Crippen LogP contribution in [0.15, 0.2) is 48.5 Å². The molecule has 0 saturated carbocycles. The lowest BCUT2D eigenvalue weighted by Gasteiger charge is -2.13. The summed E-state index contributed by atoms with van der Waals surface area (Å²) in [5, 5.41) is 3.66. The Morgan fingerprint density at radius 2 is 1.65 bits per heavy atom. The fourth-order valence-electron chi connectivity index (χ4n) is 2.29. The lowest BCUT2D eigenvalue weighted by atomic mass is 10.0. The molecule has 2 aromatic rings. The first-order valence-electron chi connectivity index (χ1n) is 7.90. The standard InChI is InChI=1S/C19H22ClNO2/c1-3-15(4-2)19(22)21-17-9-11-18(12-10-17)23-13-14-5-7-16(20)8-6-14/h5-12,15H,3-4,13H2,1-2H3,(H,21,22). The minimum Gasteiger partial charge on any atom is -0.489 e. The summed E-state index contributed by atoms with van der Waals surface area (Å²) in [6, 6.07) is 15.0. The molecular weight excluding hydrogens is 310 g/mol. The van der Waals surface area contributed by atoms with Gasteiger partial charge in [-0.05, 0) is 54.8 Å². The Kier molecular flexibility index (Phi) is 6.48. The molecule has 122 valence electrons. The first-order chi connectivity index (χ1) is 11.1. The molecule has 2 aromatic carbocycles. The highest BCUT2D eigenvalue weighted by Gasteiger charge is 2.13. The lowest BCUT2D eigenvalue weighted by molar-refractivity contribution is -0.120. The molecule has 0 spiro atoms. The van der Waals surface area contributed by atoms with Gasteiger partial charge in [-0.15, -0.1) is 0 Å². The number of carbonyl (C=O) groups is 1. The van der Waals surface area contributed by atoms with Gasteiger partial charge in [0.2, 0.25) is 5.91 Å². The molecule has 3 nitrogen and oxygen atoms in total. The van der Waals surface area contributed by atoms with Crippen molar-refractivity contribution in [2.24, 2.45) is 5.92 Å². The molecule has 0 aliphatic carbocycles. The number of hydrogen-bond acceptors (Lipinski definition) is 2. The number of ether oxygens (including phenoxy) is 1. The number of halogens is 1. The molecule has 0 bridgehead atoms. The normalized spacial score (nSPS) is 10.6. The highest BCUT2D eigenvalue weighted by atomic mass is 35.5. The Labute approximate surface area is 142 Å². The Hall–Kier alpha value is -2.00. The van der Waals surface area contributed by atoms with E-state index in [0.717, 1.165) is 29.8 Å². The highest BCUT2D eigenvalue weighted by molar-refractivity contribution is 6.30. The van der Waals surface area contributed by atoms with E-state index < -0.39 is 0 Å². The molecule has 0 radical (unpaired) electrons. The van der Waals surface area contributed by atoms with Crippen LogP contribution in [0.4, 0.5) is 5.69 Å². The van der Waals surface area contributed by atoms with Crippen LogP contribution in [0.3, 0.4) is 0 Å². The zero-order valence-corrected chi connectivity index (χ0v) is 14.3. The van der Waals surface area contributed by atoms with Crippen molar-refractivity contribution in [3.05, 3.63) is 59.1 Å². The van der Waals surface area contributed by atoms with Crippen LogP contribution >= 0.6 is 11.6 Å². The molecular formula is C19H22ClNO2. The van der Waals surface area contributed by atoms with Gasteiger partial charge in [-0.3, -0.25) is 4.79 Å². The Bertz CT molecular complexity index is 619. The average Bonchev–Trinajstić information content (AvgIpc) is 2.57. The maximum absolute atomic E-state index is 12.0. The summed E-state index contributed by atoms with van der Waals surface area (Å²) in [4.78, 5) is 12.0. The molecule has 0 aliphatic heterocycles. The molecule has 0 unspecified atom stereocenters. The number of nitrogens with one attached hydrogen (secondary N) is 1. The van der Waals surface area contributed by atoms with Gasteiger partial charge in [-0.2, -0.15) is 0 Å². The Balaban J connectivity index is 1.89. The molecule has 0 atom stereocenters. The molecule has 1 N–H and O–H groups in total. The van der Waals surface area contributed by atoms with Crippen LogP contribution in [0.2, 0.25) is 5.02 Å². The maximum Gasteiger partial charge on any atom is 0.227 e. The molecule has 0 aliphatic rings. The van der Waals surface area contributed by atoms with Crippen LogP contribution in [-0.2, 0) is 11.4 Å². The van der Waals surface area contributed by atoms with Crippen LogP contribution < -0.4 is 10.1 Å². The van der Waals surface area contributed by atoms with Crippen molar-refractivity contribution in [1.82, 2.24) is 0 Å². The Morgan fingerprint density at radius 3 is 2.22 bits per heavy atom. The van der Waals surface area contributed by atoms with Crippen molar-refractivity contribution in [3.63, 3.8) is 0 Å². The smallest absolute Gasteiger partial charge is 0.227 e. The van der Waals surface area contributed by atoms with Gasteiger partial charge in [0.25, 0.3) is 0 Å². The third-order valence-electron chi connectivity index (χ3n) is 3.80. The van der Waals surface area contributed by atoms with Gasteiger partial charge in [0.05, 0.1) is 0 Å². The number of hydrogen-bond donors (Lipinski definition) is 1. The summed E-state index contributed by atoms with van der Waals surface area (Å²) in [5.41, 5.74) is 1.85.